The molecule has 4 heteroatoms. The van der Waals surface area contributed by atoms with Gasteiger partial charge in [0.05, 0.1) is 12.2 Å². The van der Waals surface area contributed by atoms with Crippen LogP contribution in [0.1, 0.15) is 5.56 Å². The summed E-state index contributed by atoms with van der Waals surface area (Å²) in [5.74, 6) is -1.25. The fourth-order valence-corrected chi connectivity index (χ4v) is 1.51. The molecule has 1 aromatic heterocycles. The highest BCUT2D eigenvalue weighted by Gasteiger charge is 2.10. The molecule has 0 bridgehead atoms. The maximum absolute atomic E-state index is 10.5. The van der Waals surface area contributed by atoms with E-state index in [1.807, 2.05) is 24.3 Å². The van der Waals surface area contributed by atoms with E-state index in [4.69, 9.17) is 10.2 Å². The molecule has 0 fully saturated rings. The Hall–Kier alpha value is -1.81. The maximum Gasteiger partial charge on any atom is 0.134 e. The zero-order chi connectivity index (χ0) is 10.8. The van der Waals surface area contributed by atoms with Crippen molar-refractivity contribution in [1.29, 1.82) is 0 Å². The number of hydrogen-bond donors (Lipinski definition) is 1. The monoisotopic (exact) mass is 204 g/mol. The highest BCUT2D eigenvalue weighted by atomic mass is 16.4. The third-order valence-electron chi connectivity index (χ3n) is 2.30. The van der Waals surface area contributed by atoms with Gasteiger partial charge in [-0.1, -0.05) is 18.2 Å². The van der Waals surface area contributed by atoms with Gasteiger partial charge >= 0.3 is 0 Å². The number of nitrogens with two attached hydrogens (primary N) is 1. The average molecular weight is 204 g/mol. The summed E-state index contributed by atoms with van der Waals surface area (Å²) in [6, 6.07) is 6.42. The molecule has 0 aliphatic rings. The van der Waals surface area contributed by atoms with Crippen molar-refractivity contribution in [1.82, 2.24) is 0 Å². The lowest BCUT2D eigenvalue weighted by Gasteiger charge is -2.10. The van der Waals surface area contributed by atoms with Crippen molar-refractivity contribution in [3.63, 3.8) is 0 Å². The Morgan fingerprint density at radius 1 is 1.47 bits per heavy atom. The van der Waals surface area contributed by atoms with Gasteiger partial charge in [0.15, 0.2) is 0 Å². The SMILES string of the molecule is NC(Cc1coc2ccccc12)C(=O)[O-]. The predicted octanol–water partition coefficient (Wildman–Crippen LogP) is 0.0525. The van der Waals surface area contributed by atoms with E-state index in [-0.39, 0.29) is 6.42 Å². The van der Waals surface area contributed by atoms with E-state index in [0.717, 1.165) is 16.5 Å². The first kappa shape index (κ1) is 9.73. The average Bonchev–Trinajstić information content (AvgIpc) is 2.62. The predicted molar refractivity (Wildman–Crippen MR) is 52.9 cm³/mol. The van der Waals surface area contributed by atoms with Crippen molar-refractivity contribution >= 4 is 16.9 Å². The Balaban J connectivity index is 2.32. The van der Waals surface area contributed by atoms with Gasteiger partial charge in [-0.3, -0.25) is 0 Å². The second-order valence-electron chi connectivity index (χ2n) is 3.39. The number of para-hydroxylation sites is 1. The number of rotatable bonds is 3. The van der Waals surface area contributed by atoms with Crippen molar-refractivity contribution < 1.29 is 14.3 Å². The van der Waals surface area contributed by atoms with E-state index in [2.05, 4.69) is 0 Å². The summed E-state index contributed by atoms with van der Waals surface area (Å²) in [4.78, 5) is 10.5. The molecule has 0 saturated heterocycles. The van der Waals surface area contributed by atoms with Crippen LogP contribution in [0.25, 0.3) is 11.0 Å². The smallest absolute Gasteiger partial charge is 0.134 e. The molecule has 0 spiro atoms. The summed E-state index contributed by atoms with van der Waals surface area (Å²) in [7, 11) is 0. The second kappa shape index (κ2) is 3.74. The Morgan fingerprint density at radius 3 is 2.93 bits per heavy atom. The summed E-state index contributed by atoms with van der Waals surface area (Å²) >= 11 is 0. The molecule has 2 aromatic rings. The van der Waals surface area contributed by atoms with Gasteiger partial charge in [0, 0.05) is 17.0 Å². The molecular formula is C11H10NO3-. The lowest BCUT2D eigenvalue weighted by molar-refractivity contribution is -0.307. The lowest BCUT2D eigenvalue weighted by Crippen LogP contribution is -2.43. The fourth-order valence-electron chi connectivity index (χ4n) is 1.51. The summed E-state index contributed by atoms with van der Waals surface area (Å²) < 4.78 is 5.26. The third kappa shape index (κ3) is 1.85. The molecule has 2 N–H and O–H groups in total. The molecule has 0 aliphatic carbocycles. The molecule has 0 aliphatic heterocycles. The molecular weight excluding hydrogens is 194 g/mol. The van der Waals surface area contributed by atoms with E-state index in [9.17, 15) is 9.90 Å². The molecule has 1 atom stereocenters. The minimum absolute atomic E-state index is 0.222. The van der Waals surface area contributed by atoms with Gasteiger partial charge in [0.1, 0.15) is 5.58 Å². The van der Waals surface area contributed by atoms with Gasteiger partial charge in [0.2, 0.25) is 0 Å². The molecule has 78 valence electrons. The summed E-state index contributed by atoms with van der Waals surface area (Å²) in [5.41, 5.74) is 6.92. The van der Waals surface area contributed by atoms with Crippen molar-refractivity contribution in [2.45, 2.75) is 12.5 Å². The van der Waals surface area contributed by atoms with Crippen molar-refractivity contribution in [2.24, 2.45) is 5.73 Å². The largest absolute Gasteiger partial charge is 0.548 e. The number of carboxylic acid groups (broad SMARTS) is 1. The number of carbonyl (C=O) groups is 1. The van der Waals surface area contributed by atoms with Crippen LogP contribution in [0.5, 0.6) is 0 Å². The fraction of sp³-hybridized carbons (Fsp3) is 0.182. The van der Waals surface area contributed by atoms with Crippen LogP contribution in [-0.4, -0.2) is 12.0 Å². The highest BCUT2D eigenvalue weighted by molar-refractivity contribution is 5.82. The van der Waals surface area contributed by atoms with E-state index >= 15 is 0 Å². The summed E-state index contributed by atoms with van der Waals surface area (Å²) in [5, 5.41) is 11.4. The van der Waals surface area contributed by atoms with Gasteiger partial charge in [0.25, 0.3) is 0 Å². The molecule has 1 unspecified atom stereocenters. The number of carbonyl (C=O) groups excluding carboxylic acids is 1. The highest BCUT2D eigenvalue weighted by Crippen LogP contribution is 2.21. The van der Waals surface area contributed by atoms with Crippen molar-refractivity contribution in [3.8, 4) is 0 Å². The first-order valence-electron chi connectivity index (χ1n) is 4.60. The number of furan rings is 1. The van der Waals surface area contributed by atoms with Crippen LogP contribution in [0, 0.1) is 0 Å². The second-order valence-corrected chi connectivity index (χ2v) is 3.39. The third-order valence-corrected chi connectivity index (χ3v) is 2.30. The standard InChI is InChI=1S/C11H11NO3/c12-9(11(13)14)5-7-6-15-10-4-2-1-3-8(7)10/h1-4,6,9H,5,12H2,(H,13,14)/p-1. The maximum atomic E-state index is 10.5. The van der Waals surface area contributed by atoms with Crippen LogP contribution in [-0.2, 0) is 11.2 Å². The summed E-state index contributed by atoms with van der Waals surface area (Å²) in [6.07, 6.45) is 1.76. The molecule has 0 saturated carbocycles. The minimum Gasteiger partial charge on any atom is -0.548 e. The van der Waals surface area contributed by atoms with Crippen molar-refractivity contribution in [3.05, 3.63) is 36.1 Å². The molecule has 0 amide bonds. The molecule has 2 rings (SSSR count). The zero-order valence-electron chi connectivity index (χ0n) is 7.97. The van der Waals surface area contributed by atoms with E-state index in [0.29, 0.717) is 0 Å². The van der Waals surface area contributed by atoms with Gasteiger partial charge in [-0.15, -0.1) is 0 Å². The molecule has 15 heavy (non-hydrogen) atoms. The van der Waals surface area contributed by atoms with Gasteiger partial charge in [-0.05, 0) is 12.5 Å². The quantitative estimate of drug-likeness (QED) is 0.766. The van der Waals surface area contributed by atoms with E-state index in [1.54, 1.807) is 0 Å². The first-order valence-corrected chi connectivity index (χ1v) is 4.60. The first-order chi connectivity index (χ1) is 7.18. The lowest BCUT2D eigenvalue weighted by atomic mass is 10.1. The Morgan fingerprint density at radius 2 is 2.20 bits per heavy atom. The van der Waals surface area contributed by atoms with Crippen molar-refractivity contribution in [2.75, 3.05) is 0 Å². The number of aliphatic carboxylic acids is 1. The molecule has 1 heterocycles. The van der Waals surface area contributed by atoms with Gasteiger partial charge < -0.3 is 20.1 Å². The van der Waals surface area contributed by atoms with E-state index in [1.165, 1.54) is 6.26 Å². The van der Waals surface area contributed by atoms with Crippen LogP contribution in [0.15, 0.2) is 34.9 Å². The summed E-state index contributed by atoms with van der Waals surface area (Å²) in [6.45, 7) is 0. The van der Waals surface area contributed by atoms with Crippen LogP contribution in [0.2, 0.25) is 0 Å². The van der Waals surface area contributed by atoms with Crippen LogP contribution in [0.3, 0.4) is 0 Å². The van der Waals surface area contributed by atoms with Gasteiger partial charge in [-0.2, -0.15) is 0 Å². The molecule has 1 aromatic carbocycles. The molecule has 0 radical (unpaired) electrons. The van der Waals surface area contributed by atoms with E-state index < -0.39 is 12.0 Å². The topological polar surface area (TPSA) is 79.3 Å². The Bertz CT molecular complexity index is 489. The Labute approximate surface area is 86.3 Å². The number of fused-ring (bicyclic) bond motifs is 1. The zero-order valence-corrected chi connectivity index (χ0v) is 7.97. The number of hydrogen-bond acceptors (Lipinski definition) is 4. The number of benzene rings is 1. The Kier molecular flexibility index (Phi) is 2.43. The van der Waals surface area contributed by atoms with Crippen LogP contribution < -0.4 is 10.8 Å². The molecule has 4 nitrogen and oxygen atoms in total. The minimum atomic E-state index is -1.25. The normalized spacial score (nSPS) is 12.9. The van der Waals surface area contributed by atoms with Gasteiger partial charge in [-0.25, -0.2) is 0 Å². The number of carboxylic acids is 1. The van der Waals surface area contributed by atoms with Crippen LogP contribution in [0.4, 0.5) is 0 Å². The van der Waals surface area contributed by atoms with Crippen LogP contribution >= 0.6 is 0 Å².